The van der Waals surface area contributed by atoms with Gasteiger partial charge in [-0.25, -0.2) is 0 Å². The Hall–Kier alpha value is -3.56. The summed E-state index contributed by atoms with van der Waals surface area (Å²) in [6, 6.07) is 23.8. The lowest BCUT2D eigenvalue weighted by molar-refractivity contribution is 0.810. The van der Waals surface area contributed by atoms with Crippen molar-refractivity contribution < 1.29 is 0 Å². The van der Waals surface area contributed by atoms with Gasteiger partial charge in [-0.15, -0.1) is 0 Å². The number of benzene rings is 2. The monoisotopic (exact) mass is 428 g/mol. The van der Waals surface area contributed by atoms with Gasteiger partial charge in [-0.05, 0) is 36.4 Å². The minimum Gasteiger partial charge on any atom is -0.267 e. The SMILES string of the molecule is N#Cc1ccccc1-n1nc(-c2ccccn2)cc(-c2ccccc2Br)c1=O. The minimum atomic E-state index is -0.311. The van der Waals surface area contributed by atoms with E-state index in [9.17, 15) is 10.1 Å². The van der Waals surface area contributed by atoms with Gasteiger partial charge < -0.3 is 0 Å². The molecule has 2 aromatic carbocycles. The summed E-state index contributed by atoms with van der Waals surface area (Å²) >= 11 is 3.52. The lowest BCUT2D eigenvalue weighted by Crippen LogP contribution is -2.24. The molecule has 28 heavy (non-hydrogen) atoms. The highest BCUT2D eigenvalue weighted by atomic mass is 79.9. The largest absolute Gasteiger partial charge is 0.279 e. The molecule has 0 saturated heterocycles. The molecule has 0 unspecified atom stereocenters. The first-order valence-corrected chi connectivity index (χ1v) is 9.28. The summed E-state index contributed by atoms with van der Waals surface area (Å²) < 4.78 is 2.07. The predicted molar refractivity (Wildman–Crippen MR) is 111 cm³/mol. The van der Waals surface area contributed by atoms with Crippen molar-refractivity contribution in [2.24, 2.45) is 0 Å². The van der Waals surface area contributed by atoms with E-state index >= 15 is 0 Å². The molecule has 0 aliphatic heterocycles. The summed E-state index contributed by atoms with van der Waals surface area (Å²) in [6.45, 7) is 0. The summed E-state index contributed by atoms with van der Waals surface area (Å²) in [6.07, 6.45) is 1.67. The van der Waals surface area contributed by atoms with Crippen molar-refractivity contribution in [3.63, 3.8) is 0 Å². The molecule has 0 amide bonds. The van der Waals surface area contributed by atoms with Gasteiger partial charge in [0.25, 0.3) is 5.56 Å². The first-order valence-electron chi connectivity index (χ1n) is 8.49. The van der Waals surface area contributed by atoms with E-state index < -0.39 is 0 Å². The van der Waals surface area contributed by atoms with Gasteiger partial charge in [-0.3, -0.25) is 9.78 Å². The highest BCUT2D eigenvalue weighted by molar-refractivity contribution is 9.10. The summed E-state index contributed by atoms with van der Waals surface area (Å²) in [4.78, 5) is 17.7. The van der Waals surface area contributed by atoms with Crippen molar-refractivity contribution in [1.82, 2.24) is 14.8 Å². The molecular weight excluding hydrogens is 416 g/mol. The van der Waals surface area contributed by atoms with Crippen molar-refractivity contribution in [2.45, 2.75) is 0 Å². The van der Waals surface area contributed by atoms with Gasteiger partial charge in [0, 0.05) is 16.2 Å². The average Bonchev–Trinajstić information content (AvgIpc) is 2.75. The van der Waals surface area contributed by atoms with E-state index in [4.69, 9.17) is 0 Å². The molecule has 0 N–H and O–H groups in total. The van der Waals surface area contributed by atoms with Gasteiger partial charge in [0.1, 0.15) is 11.8 Å². The fourth-order valence-electron chi connectivity index (χ4n) is 2.92. The van der Waals surface area contributed by atoms with Gasteiger partial charge in [-0.1, -0.05) is 52.3 Å². The molecule has 0 spiro atoms. The van der Waals surface area contributed by atoms with Crippen LogP contribution in [0.25, 0.3) is 28.2 Å². The maximum atomic E-state index is 13.3. The zero-order valence-electron chi connectivity index (χ0n) is 14.6. The molecule has 0 aliphatic rings. The molecule has 0 fully saturated rings. The van der Waals surface area contributed by atoms with Crippen LogP contribution in [0.3, 0.4) is 0 Å². The second-order valence-electron chi connectivity index (χ2n) is 5.98. The van der Waals surface area contributed by atoms with Crippen LogP contribution in [0.4, 0.5) is 0 Å². The van der Waals surface area contributed by atoms with E-state index in [1.165, 1.54) is 4.68 Å². The molecule has 6 heteroatoms. The minimum absolute atomic E-state index is 0.311. The van der Waals surface area contributed by atoms with Crippen LogP contribution in [0.2, 0.25) is 0 Å². The highest BCUT2D eigenvalue weighted by Crippen LogP contribution is 2.28. The number of rotatable bonds is 3. The van der Waals surface area contributed by atoms with Crippen LogP contribution in [0.1, 0.15) is 5.56 Å². The third-order valence-electron chi connectivity index (χ3n) is 4.26. The Bertz CT molecular complexity index is 1260. The molecule has 0 aliphatic carbocycles. The summed E-state index contributed by atoms with van der Waals surface area (Å²) in [7, 11) is 0. The first kappa shape index (κ1) is 17.8. The van der Waals surface area contributed by atoms with Crippen LogP contribution in [0, 0.1) is 11.3 Å². The lowest BCUT2D eigenvalue weighted by Gasteiger charge is -2.12. The molecular formula is C22H13BrN4O. The number of aromatic nitrogens is 3. The molecule has 4 aromatic rings. The van der Waals surface area contributed by atoms with E-state index in [1.54, 1.807) is 36.5 Å². The third kappa shape index (κ3) is 3.24. The van der Waals surface area contributed by atoms with Gasteiger partial charge in [0.2, 0.25) is 0 Å². The zero-order valence-corrected chi connectivity index (χ0v) is 16.2. The number of hydrogen-bond acceptors (Lipinski definition) is 4. The van der Waals surface area contributed by atoms with Crippen LogP contribution in [0.5, 0.6) is 0 Å². The van der Waals surface area contributed by atoms with Crippen molar-refractivity contribution in [3.8, 4) is 34.3 Å². The quantitative estimate of drug-likeness (QED) is 0.478. The van der Waals surface area contributed by atoms with E-state index in [0.717, 1.165) is 10.0 Å². The molecule has 2 heterocycles. The topological polar surface area (TPSA) is 71.6 Å². The Morgan fingerprint density at radius 3 is 2.39 bits per heavy atom. The Morgan fingerprint density at radius 1 is 0.893 bits per heavy atom. The van der Waals surface area contributed by atoms with Crippen molar-refractivity contribution >= 4 is 15.9 Å². The summed E-state index contributed by atoms with van der Waals surface area (Å²) in [5, 5.41) is 14.0. The number of nitriles is 1. The van der Waals surface area contributed by atoms with E-state index in [2.05, 4.69) is 32.1 Å². The number of pyridine rings is 1. The average molecular weight is 429 g/mol. The van der Waals surface area contributed by atoms with Crippen LogP contribution >= 0.6 is 15.9 Å². The van der Waals surface area contributed by atoms with Gasteiger partial charge in [0.05, 0.1) is 22.5 Å². The Labute approximate surface area is 169 Å². The Kier molecular flexibility index (Phi) is 4.83. The van der Waals surface area contributed by atoms with E-state index in [1.807, 2.05) is 42.5 Å². The molecule has 5 nitrogen and oxygen atoms in total. The lowest BCUT2D eigenvalue weighted by atomic mass is 10.1. The summed E-state index contributed by atoms with van der Waals surface area (Å²) in [5.41, 5.74) is 2.88. The van der Waals surface area contributed by atoms with Crippen molar-refractivity contribution in [2.75, 3.05) is 0 Å². The fraction of sp³-hybridized carbons (Fsp3) is 0. The number of para-hydroxylation sites is 1. The normalized spacial score (nSPS) is 10.4. The van der Waals surface area contributed by atoms with Crippen LogP contribution < -0.4 is 5.56 Å². The van der Waals surface area contributed by atoms with Crippen molar-refractivity contribution in [3.05, 3.63) is 99.4 Å². The second-order valence-corrected chi connectivity index (χ2v) is 6.84. The highest BCUT2D eigenvalue weighted by Gasteiger charge is 2.17. The Balaban J connectivity index is 2.07. The van der Waals surface area contributed by atoms with Gasteiger partial charge in [-0.2, -0.15) is 15.0 Å². The number of hydrogen-bond donors (Lipinski definition) is 0. The molecule has 0 atom stereocenters. The molecule has 0 radical (unpaired) electrons. The number of nitrogens with zero attached hydrogens (tertiary/aromatic N) is 4. The molecule has 0 bridgehead atoms. The summed E-state index contributed by atoms with van der Waals surface area (Å²) in [5.74, 6) is 0. The smallest absolute Gasteiger partial charge is 0.267 e. The molecule has 2 aromatic heterocycles. The van der Waals surface area contributed by atoms with E-state index in [0.29, 0.717) is 28.2 Å². The van der Waals surface area contributed by atoms with Gasteiger partial charge in [0.15, 0.2) is 0 Å². The zero-order chi connectivity index (χ0) is 19.5. The second kappa shape index (κ2) is 7.59. The van der Waals surface area contributed by atoms with Crippen LogP contribution in [-0.4, -0.2) is 14.8 Å². The van der Waals surface area contributed by atoms with Gasteiger partial charge >= 0.3 is 0 Å². The van der Waals surface area contributed by atoms with Crippen LogP contribution in [-0.2, 0) is 0 Å². The molecule has 134 valence electrons. The predicted octanol–water partition coefficient (Wildman–Crippen LogP) is 4.60. The Morgan fingerprint density at radius 2 is 1.64 bits per heavy atom. The standard InChI is InChI=1S/C22H13BrN4O/c23-18-9-3-2-8-16(18)17-13-20(19-10-5-6-12-25-19)26-27(22(17)28)21-11-4-1-7-15(21)14-24/h1-13H. The molecule has 0 saturated carbocycles. The van der Waals surface area contributed by atoms with E-state index in [-0.39, 0.29) is 5.56 Å². The third-order valence-corrected chi connectivity index (χ3v) is 4.95. The fourth-order valence-corrected chi connectivity index (χ4v) is 3.42. The maximum Gasteiger partial charge on any atom is 0.279 e. The van der Waals surface area contributed by atoms with Crippen molar-refractivity contribution in [1.29, 1.82) is 5.26 Å². The first-order chi connectivity index (χ1) is 13.7. The maximum absolute atomic E-state index is 13.3. The van der Waals surface area contributed by atoms with Crippen LogP contribution in [0.15, 0.2) is 88.3 Å². The molecule has 4 rings (SSSR count). The number of halogens is 1.